The molecule has 0 bridgehead atoms. The van der Waals surface area contributed by atoms with Crippen molar-refractivity contribution in [2.75, 3.05) is 14.2 Å². The van der Waals surface area contributed by atoms with Gasteiger partial charge in [0.1, 0.15) is 10.6 Å². The Hall–Kier alpha value is -0.450. The van der Waals surface area contributed by atoms with E-state index in [9.17, 15) is 0 Å². The fourth-order valence-corrected chi connectivity index (χ4v) is 3.67. The molecule has 1 aromatic rings. The molecule has 1 aliphatic carbocycles. The highest BCUT2D eigenvalue weighted by molar-refractivity contribution is 7.11. The van der Waals surface area contributed by atoms with E-state index in [0.29, 0.717) is 6.04 Å². The zero-order valence-electron chi connectivity index (χ0n) is 11.0. The number of hydrogen-bond donors (Lipinski definition) is 1. The Morgan fingerprint density at radius 2 is 2.12 bits per heavy atom. The molecule has 0 radical (unpaired) electrons. The second-order valence-corrected chi connectivity index (χ2v) is 5.90. The lowest BCUT2D eigenvalue weighted by molar-refractivity contribution is -0.0446. The SMILES string of the molecule is CNC(C)c1cnc(C2(OC)CCCCC2)s1. The standard InChI is InChI=1S/C13H22N2OS/c1-10(14-2)11-9-15-12(17-11)13(16-3)7-5-4-6-8-13/h9-10,14H,4-8H2,1-3H3. The Balaban J connectivity index is 2.22. The molecule has 1 fully saturated rings. The molecule has 4 heteroatoms. The first kappa shape index (κ1) is 13.0. The van der Waals surface area contributed by atoms with Gasteiger partial charge in [-0.25, -0.2) is 4.98 Å². The third-order valence-electron chi connectivity index (χ3n) is 3.83. The van der Waals surface area contributed by atoms with Crippen molar-refractivity contribution in [1.29, 1.82) is 0 Å². The average molecular weight is 254 g/mol. The van der Waals surface area contributed by atoms with Gasteiger partial charge in [-0.3, -0.25) is 0 Å². The van der Waals surface area contributed by atoms with Crippen molar-refractivity contribution < 1.29 is 4.74 Å². The van der Waals surface area contributed by atoms with E-state index in [1.807, 2.05) is 20.4 Å². The maximum absolute atomic E-state index is 5.82. The van der Waals surface area contributed by atoms with Crippen LogP contribution in [0, 0.1) is 0 Å². The molecular formula is C13H22N2OS. The summed E-state index contributed by atoms with van der Waals surface area (Å²) in [4.78, 5) is 5.90. The van der Waals surface area contributed by atoms with Gasteiger partial charge in [-0.05, 0) is 26.8 Å². The molecule has 96 valence electrons. The number of hydrogen-bond acceptors (Lipinski definition) is 4. The van der Waals surface area contributed by atoms with Crippen molar-refractivity contribution in [1.82, 2.24) is 10.3 Å². The molecule has 2 rings (SSSR count). The topological polar surface area (TPSA) is 34.2 Å². The van der Waals surface area contributed by atoms with Crippen LogP contribution in [0.5, 0.6) is 0 Å². The Kier molecular flexibility index (Phi) is 4.17. The van der Waals surface area contributed by atoms with Gasteiger partial charge in [0.15, 0.2) is 0 Å². The first-order valence-corrected chi connectivity index (χ1v) is 7.22. The second kappa shape index (κ2) is 5.46. The summed E-state index contributed by atoms with van der Waals surface area (Å²) in [7, 11) is 3.81. The minimum atomic E-state index is -0.103. The molecule has 0 amide bonds. The van der Waals surface area contributed by atoms with Crippen molar-refractivity contribution in [2.24, 2.45) is 0 Å². The molecule has 1 aromatic heterocycles. The smallest absolute Gasteiger partial charge is 0.125 e. The van der Waals surface area contributed by atoms with Crippen molar-refractivity contribution >= 4 is 11.3 Å². The van der Waals surface area contributed by atoms with Crippen LogP contribution in [-0.4, -0.2) is 19.1 Å². The summed E-state index contributed by atoms with van der Waals surface area (Å²) < 4.78 is 5.82. The maximum atomic E-state index is 5.82. The van der Waals surface area contributed by atoms with Crippen molar-refractivity contribution in [3.63, 3.8) is 0 Å². The summed E-state index contributed by atoms with van der Waals surface area (Å²) in [6.45, 7) is 2.16. The fourth-order valence-electron chi connectivity index (χ4n) is 2.47. The maximum Gasteiger partial charge on any atom is 0.125 e. The van der Waals surface area contributed by atoms with E-state index in [4.69, 9.17) is 4.74 Å². The molecule has 1 saturated carbocycles. The van der Waals surface area contributed by atoms with E-state index < -0.39 is 0 Å². The van der Waals surface area contributed by atoms with Crippen LogP contribution in [0.2, 0.25) is 0 Å². The van der Waals surface area contributed by atoms with Crippen molar-refractivity contribution in [2.45, 2.75) is 50.7 Å². The van der Waals surface area contributed by atoms with Crippen molar-refractivity contribution in [3.8, 4) is 0 Å². The Morgan fingerprint density at radius 1 is 1.41 bits per heavy atom. The predicted octanol–water partition coefficient (Wildman–Crippen LogP) is 3.23. The molecule has 1 heterocycles. The summed E-state index contributed by atoms with van der Waals surface area (Å²) in [5.41, 5.74) is -0.103. The predicted molar refractivity (Wildman–Crippen MR) is 71.4 cm³/mol. The van der Waals surface area contributed by atoms with Gasteiger partial charge < -0.3 is 10.1 Å². The van der Waals surface area contributed by atoms with Gasteiger partial charge in [0.05, 0.1) is 0 Å². The van der Waals surface area contributed by atoms with E-state index in [1.54, 1.807) is 11.3 Å². The van der Waals surface area contributed by atoms with Crippen LogP contribution in [0.25, 0.3) is 0 Å². The summed E-state index contributed by atoms with van der Waals surface area (Å²) in [6, 6.07) is 0.374. The minimum absolute atomic E-state index is 0.103. The van der Waals surface area contributed by atoms with E-state index >= 15 is 0 Å². The highest BCUT2D eigenvalue weighted by Gasteiger charge is 2.36. The number of aromatic nitrogens is 1. The zero-order valence-corrected chi connectivity index (χ0v) is 11.8. The van der Waals surface area contributed by atoms with Crippen LogP contribution in [0.1, 0.15) is 55.0 Å². The number of nitrogens with zero attached hydrogens (tertiary/aromatic N) is 1. The van der Waals surface area contributed by atoms with Crippen LogP contribution in [-0.2, 0) is 10.3 Å². The minimum Gasteiger partial charge on any atom is -0.371 e. The highest BCUT2D eigenvalue weighted by Crippen LogP contribution is 2.42. The number of ether oxygens (including phenoxy) is 1. The van der Waals surface area contributed by atoms with E-state index in [0.717, 1.165) is 17.8 Å². The van der Waals surface area contributed by atoms with E-state index in [1.165, 1.54) is 24.1 Å². The largest absolute Gasteiger partial charge is 0.371 e. The van der Waals surface area contributed by atoms with E-state index in [2.05, 4.69) is 17.2 Å². The third-order valence-corrected chi connectivity index (χ3v) is 5.19. The lowest BCUT2D eigenvalue weighted by Crippen LogP contribution is -2.30. The first-order valence-electron chi connectivity index (χ1n) is 6.40. The Morgan fingerprint density at radius 3 is 2.71 bits per heavy atom. The third kappa shape index (κ3) is 2.54. The number of thiazole rings is 1. The number of nitrogens with one attached hydrogen (secondary N) is 1. The van der Waals surface area contributed by atoms with Gasteiger partial charge >= 0.3 is 0 Å². The van der Waals surface area contributed by atoms with Gasteiger partial charge in [-0.2, -0.15) is 0 Å². The van der Waals surface area contributed by atoms with Crippen LogP contribution in [0.4, 0.5) is 0 Å². The molecule has 0 aliphatic heterocycles. The molecular weight excluding hydrogens is 232 g/mol. The monoisotopic (exact) mass is 254 g/mol. The normalized spacial score (nSPS) is 21.4. The Bertz CT molecular complexity index is 358. The molecule has 0 aromatic carbocycles. The second-order valence-electron chi connectivity index (χ2n) is 4.84. The van der Waals surface area contributed by atoms with Crippen molar-refractivity contribution in [3.05, 3.63) is 16.1 Å². The number of methoxy groups -OCH3 is 1. The molecule has 0 saturated heterocycles. The fraction of sp³-hybridized carbons (Fsp3) is 0.769. The molecule has 3 nitrogen and oxygen atoms in total. The van der Waals surface area contributed by atoms with Gasteiger partial charge in [-0.1, -0.05) is 19.3 Å². The highest BCUT2D eigenvalue weighted by atomic mass is 32.1. The van der Waals surface area contributed by atoms with Gasteiger partial charge in [0.2, 0.25) is 0 Å². The quantitative estimate of drug-likeness (QED) is 0.895. The lowest BCUT2D eigenvalue weighted by atomic mass is 9.85. The average Bonchev–Trinajstić information content (AvgIpc) is 2.88. The van der Waals surface area contributed by atoms with Crippen LogP contribution < -0.4 is 5.32 Å². The summed E-state index contributed by atoms with van der Waals surface area (Å²) in [5, 5.41) is 4.42. The summed E-state index contributed by atoms with van der Waals surface area (Å²) in [6.07, 6.45) is 8.07. The summed E-state index contributed by atoms with van der Waals surface area (Å²) in [5.74, 6) is 0. The van der Waals surface area contributed by atoms with Crippen LogP contribution in [0.3, 0.4) is 0 Å². The molecule has 0 spiro atoms. The zero-order chi connectivity index (χ0) is 12.3. The number of rotatable bonds is 4. The molecule has 1 atom stereocenters. The van der Waals surface area contributed by atoms with Crippen LogP contribution >= 0.6 is 11.3 Å². The van der Waals surface area contributed by atoms with Gasteiger partial charge in [-0.15, -0.1) is 11.3 Å². The summed E-state index contributed by atoms with van der Waals surface area (Å²) >= 11 is 1.80. The molecule has 17 heavy (non-hydrogen) atoms. The van der Waals surface area contributed by atoms with E-state index in [-0.39, 0.29) is 5.60 Å². The Labute approximate surface area is 108 Å². The molecule has 1 N–H and O–H groups in total. The molecule has 1 aliphatic rings. The lowest BCUT2D eigenvalue weighted by Gasteiger charge is -2.34. The van der Waals surface area contributed by atoms with Crippen LogP contribution in [0.15, 0.2) is 6.20 Å². The first-order chi connectivity index (χ1) is 8.22. The van der Waals surface area contributed by atoms with Gasteiger partial charge in [0.25, 0.3) is 0 Å². The molecule has 1 unspecified atom stereocenters. The van der Waals surface area contributed by atoms with Gasteiger partial charge in [0, 0.05) is 24.2 Å².